The maximum Gasteiger partial charge on any atom is 0.246 e. The molecule has 26 heavy (non-hydrogen) atoms. The summed E-state index contributed by atoms with van der Waals surface area (Å²) in [4.78, 5) is 0. The van der Waals surface area contributed by atoms with Gasteiger partial charge in [-0.05, 0) is 37.3 Å². The van der Waals surface area contributed by atoms with Crippen molar-refractivity contribution in [2.45, 2.75) is 37.7 Å². The molecule has 1 aromatic heterocycles. The fourth-order valence-corrected chi connectivity index (χ4v) is 4.74. The van der Waals surface area contributed by atoms with Crippen molar-refractivity contribution in [3.8, 4) is 0 Å². The standard InChI is InChI=1S/C18H23N3O4S/c1-18(9-5-7-13-6-3-4-8-14(13)18)17-20-19-16(25-17)15-12-21(10-11-24-15)26(2,22)23/h3-4,6,8,15H,5,7,9-12H2,1-2H3/t15-,18+/m0/s1. The number of ether oxygens (including phenoxy) is 1. The highest BCUT2D eigenvalue weighted by atomic mass is 32.2. The van der Waals surface area contributed by atoms with Gasteiger partial charge < -0.3 is 9.15 Å². The van der Waals surface area contributed by atoms with E-state index in [4.69, 9.17) is 9.15 Å². The Morgan fingerprint density at radius 3 is 2.88 bits per heavy atom. The fourth-order valence-electron chi connectivity index (χ4n) is 3.93. The molecule has 140 valence electrons. The molecular weight excluding hydrogens is 354 g/mol. The number of rotatable bonds is 3. The summed E-state index contributed by atoms with van der Waals surface area (Å²) in [6.45, 7) is 3.00. The fraction of sp³-hybridized carbons (Fsp3) is 0.556. The SMILES string of the molecule is C[C@@]1(c2nnc([C@@H]3CN(S(C)(=O)=O)CCO3)o2)CCCc2ccccc21. The topological polar surface area (TPSA) is 85.5 Å². The van der Waals surface area contributed by atoms with Gasteiger partial charge >= 0.3 is 0 Å². The number of morpholine rings is 1. The van der Waals surface area contributed by atoms with E-state index >= 15 is 0 Å². The molecule has 2 atom stereocenters. The molecule has 1 aliphatic heterocycles. The number of sulfonamides is 1. The van der Waals surface area contributed by atoms with Crippen LogP contribution in [0.5, 0.6) is 0 Å². The molecule has 2 aromatic rings. The summed E-state index contributed by atoms with van der Waals surface area (Å²) in [6.07, 6.45) is 3.73. The highest BCUT2D eigenvalue weighted by molar-refractivity contribution is 7.88. The van der Waals surface area contributed by atoms with Gasteiger partial charge in [0.2, 0.25) is 21.8 Å². The monoisotopic (exact) mass is 377 g/mol. The molecule has 1 aliphatic carbocycles. The molecule has 0 bridgehead atoms. The van der Waals surface area contributed by atoms with Crippen LogP contribution in [-0.2, 0) is 26.6 Å². The van der Waals surface area contributed by atoms with Gasteiger partial charge in [-0.3, -0.25) is 0 Å². The predicted octanol–water partition coefficient (Wildman–Crippen LogP) is 2.04. The molecule has 8 heteroatoms. The lowest BCUT2D eigenvalue weighted by Gasteiger charge is -2.33. The number of aryl methyl sites for hydroxylation is 1. The molecule has 0 spiro atoms. The Morgan fingerprint density at radius 1 is 1.27 bits per heavy atom. The summed E-state index contributed by atoms with van der Waals surface area (Å²) in [6, 6.07) is 8.37. The summed E-state index contributed by atoms with van der Waals surface area (Å²) in [7, 11) is -3.27. The van der Waals surface area contributed by atoms with Gasteiger partial charge in [0.05, 0.1) is 18.3 Å². The molecule has 0 N–H and O–H groups in total. The Balaban J connectivity index is 1.63. The van der Waals surface area contributed by atoms with Crippen LogP contribution in [0, 0.1) is 0 Å². The van der Waals surface area contributed by atoms with Crippen molar-refractivity contribution >= 4 is 10.0 Å². The van der Waals surface area contributed by atoms with Crippen molar-refractivity contribution in [2.75, 3.05) is 26.0 Å². The number of fused-ring (bicyclic) bond motifs is 1. The van der Waals surface area contributed by atoms with E-state index < -0.39 is 16.1 Å². The Labute approximate surface area is 153 Å². The van der Waals surface area contributed by atoms with E-state index in [1.165, 1.54) is 21.7 Å². The van der Waals surface area contributed by atoms with E-state index in [2.05, 4.69) is 35.3 Å². The molecule has 0 unspecified atom stereocenters. The van der Waals surface area contributed by atoms with Crippen LogP contribution in [0.25, 0.3) is 0 Å². The number of nitrogens with zero attached hydrogens (tertiary/aromatic N) is 3. The first-order valence-electron chi connectivity index (χ1n) is 8.87. The van der Waals surface area contributed by atoms with Gasteiger partial charge in [0.15, 0.2) is 0 Å². The van der Waals surface area contributed by atoms with Crippen LogP contribution in [0.3, 0.4) is 0 Å². The smallest absolute Gasteiger partial charge is 0.246 e. The maximum atomic E-state index is 11.8. The molecular formula is C18H23N3O4S. The maximum absolute atomic E-state index is 11.8. The summed E-state index contributed by atoms with van der Waals surface area (Å²) in [5, 5.41) is 8.49. The first-order chi connectivity index (χ1) is 12.4. The molecule has 2 aliphatic rings. The third-order valence-corrected chi connectivity index (χ3v) is 6.69. The quantitative estimate of drug-likeness (QED) is 0.814. The van der Waals surface area contributed by atoms with Gasteiger partial charge in [0.25, 0.3) is 0 Å². The van der Waals surface area contributed by atoms with Gasteiger partial charge in [-0.25, -0.2) is 8.42 Å². The van der Waals surface area contributed by atoms with Crippen LogP contribution in [-0.4, -0.2) is 48.9 Å². The molecule has 1 fully saturated rings. The minimum Gasteiger partial charge on any atom is -0.421 e. The Hall–Kier alpha value is -1.77. The molecule has 1 saturated heterocycles. The Bertz CT molecular complexity index is 911. The van der Waals surface area contributed by atoms with Gasteiger partial charge in [0.1, 0.15) is 6.10 Å². The third kappa shape index (κ3) is 3.06. The second-order valence-corrected chi connectivity index (χ2v) is 9.25. The highest BCUT2D eigenvalue weighted by Gasteiger charge is 2.39. The second kappa shape index (κ2) is 6.44. The van der Waals surface area contributed by atoms with Crippen LogP contribution < -0.4 is 0 Å². The molecule has 0 radical (unpaired) electrons. The van der Waals surface area contributed by atoms with Crippen molar-refractivity contribution in [1.82, 2.24) is 14.5 Å². The lowest BCUT2D eigenvalue weighted by molar-refractivity contribution is -0.0180. The van der Waals surface area contributed by atoms with Gasteiger partial charge in [-0.15, -0.1) is 10.2 Å². The predicted molar refractivity (Wildman–Crippen MR) is 95.2 cm³/mol. The van der Waals surface area contributed by atoms with Crippen molar-refractivity contribution in [1.29, 1.82) is 0 Å². The van der Waals surface area contributed by atoms with Crippen LogP contribution >= 0.6 is 0 Å². The number of hydrogen-bond donors (Lipinski definition) is 0. The minimum atomic E-state index is -3.27. The molecule has 0 amide bonds. The van der Waals surface area contributed by atoms with Crippen LogP contribution in [0.1, 0.15) is 48.8 Å². The van der Waals surface area contributed by atoms with Crippen LogP contribution in [0.2, 0.25) is 0 Å². The average Bonchev–Trinajstić information content (AvgIpc) is 3.13. The summed E-state index contributed by atoms with van der Waals surface area (Å²) in [5.74, 6) is 0.914. The lowest BCUT2D eigenvalue weighted by atomic mass is 9.71. The number of hydrogen-bond acceptors (Lipinski definition) is 6. The molecule has 1 aromatic carbocycles. The van der Waals surface area contributed by atoms with Crippen LogP contribution in [0.15, 0.2) is 28.7 Å². The molecule has 7 nitrogen and oxygen atoms in total. The third-order valence-electron chi connectivity index (χ3n) is 5.42. The van der Waals surface area contributed by atoms with Crippen molar-refractivity contribution in [2.24, 2.45) is 0 Å². The Kier molecular flexibility index (Phi) is 4.37. The largest absolute Gasteiger partial charge is 0.421 e. The first-order valence-corrected chi connectivity index (χ1v) is 10.7. The minimum absolute atomic E-state index is 0.202. The molecule has 2 heterocycles. The van der Waals surface area contributed by atoms with Crippen molar-refractivity contribution in [3.05, 3.63) is 47.2 Å². The first kappa shape index (κ1) is 17.6. The zero-order chi connectivity index (χ0) is 18.4. The number of benzene rings is 1. The highest BCUT2D eigenvalue weighted by Crippen LogP contribution is 2.42. The van der Waals surface area contributed by atoms with Crippen LogP contribution in [0.4, 0.5) is 0 Å². The summed E-state index contributed by atoms with van der Waals surface area (Å²) >= 11 is 0. The van der Waals surface area contributed by atoms with Crippen molar-refractivity contribution < 1.29 is 17.6 Å². The Morgan fingerprint density at radius 2 is 2.08 bits per heavy atom. The van der Waals surface area contributed by atoms with E-state index in [0.29, 0.717) is 24.9 Å². The van der Waals surface area contributed by atoms with Crippen molar-refractivity contribution in [3.63, 3.8) is 0 Å². The van der Waals surface area contributed by atoms with E-state index in [9.17, 15) is 8.42 Å². The zero-order valence-corrected chi connectivity index (χ0v) is 15.8. The number of aromatic nitrogens is 2. The zero-order valence-electron chi connectivity index (χ0n) is 15.0. The average molecular weight is 377 g/mol. The summed E-state index contributed by atoms with van der Waals surface area (Å²) in [5.41, 5.74) is 2.22. The van der Waals surface area contributed by atoms with E-state index in [-0.39, 0.29) is 12.0 Å². The van der Waals surface area contributed by atoms with Gasteiger partial charge in [-0.1, -0.05) is 24.3 Å². The lowest BCUT2D eigenvalue weighted by Crippen LogP contribution is -2.41. The van der Waals surface area contributed by atoms with E-state index in [0.717, 1.165) is 19.3 Å². The normalized spacial score (nSPS) is 27.2. The van der Waals surface area contributed by atoms with E-state index in [1.807, 2.05) is 6.07 Å². The summed E-state index contributed by atoms with van der Waals surface area (Å²) < 4.78 is 36.7. The van der Waals surface area contributed by atoms with Gasteiger partial charge in [0, 0.05) is 13.1 Å². The second-order valence-electron chi connectivity index (χ2n) is 7.27. The van der Waals surface area contributed by atoms with Gasteiger partial charge in [-0.2, -0.15) is 4.31 Å². The molecule has 4 rings (SSSR count). The van der Waals surface area contributed by atoms with E-state index in [1.54, 1.807) is 0 Å². The molecule has 0 saturated carbocycles.